The van der Waals surface area contributed by atoms with Crippen LogP contribution in [0.1, 0.15) is 0 Å². The van der Waals surface area contributed by atoms with Crippen molar-refractivity contribution in [3.63, 3.8) is 0 Å². The van der Waals surface area contributed by atoms with Gasteiger partial charge in [-0.1, -0.05) is 218 Å². The van der Waals surface area contributed by atoms with Gasteiger partial charge >= 0.3 is 0 Å². The molecule has 0 spiro atoms. The van der Waals surface area contributed by atoms with Crippen LogP contribution in [0.4, 0.5) is 34.1 Å². The number of fused-ring (bicyclic) bond motifs is 14. The van der Waals surface area contributed by atoms with Crippen LogP contribution in [0, 0.1) is 0 Å². The molecule has 0 fully saturated rings. The molecule has 16 aromatic carbocycles. The summed E-state index contributed by atoms with van der Waals surface area (Å²) in [5.74, 6) is 0. The number of hydrogen-bond donors (Lipinski definition) is 0. The van der Waals surface area contributed by atoms with Crippen LogP contribution in [0.5, 0.6) is 0 Å². The van der Waals surface area contributed by atoms with E-state index in [1.807, 2.05) is 42.5 Å². The lowest BCUT2D eigenvalue weighted by Crippen LogP contribution is -2.10. The number of furan rings is 4. The number of hydrogen-bond acceptors (Lipinski definition) is 6. The maximum absolute atomic E-state index is 6.85. The summed E-state index contributed by atoms with van der Waals surface area (Å²) in [6.45, 7) is 0. The van der Waals surface area contributed by atoms with Gasteiger partial charge in [0.05, 0.1) is 5.69 Å². The fraction of sp³-hybridized carbons (Fsp3) is 0. The number of rotatable bonds is 11. The van der Waals surface area contributed by atoms with Crippen molar-refractivity contribution in [2.45, 2.75) is 0 Å². The topological polar surface area (TPSA) is 59.0 Å². The van der Waals surface area contributed by atoms with Crippen molar-refractivity contribution in [1.29, 1.82) is 0 Å². The van der Waals surface area contributed by atoms with Crippen LogP contribution in [0.15, 0.2) is 357 Å². The third kappa shape index (κ3) is 9.03. The van der Waals surface area contributed by atoms with Gasteiger partial charge in [-0.15, -0.1) is 0 Å². The lowest BCUT2D eigenvalue weighted by molar-refractivity contribution is 0.668. The second-order valence-corrected chi connectivity index (χ2v) is 25.4. The average molecular weight is 1250 g/mol. The Bertz CT molecular complexity index is 6540. The molecule has 0 aliphatic carbocycles. The van der Waals surface area contributed by atoms with Crippen molar-refractivity contribution < 1.29 is 17.7 Å². The van der Waals surface area contributed by atoms with Crippen LogP contribution in [0.3, 0.4) is 0 Å². The van der Waals surface area contributed by atoms with Crippen molar-refractivity contribution in [3.05, 3.63) is 340 Å². The third-order valence-electron chi connectivity index (χ3n) is 19.9. The molecule has 0 N–H and O–H groups in total. The minimum Gasteiger partial charge on any atom is -0.456 e. The first kappa shape index (κ1) is 55.3. The molecule has 0 radical (unpaired) electrons. The molecule has 20 rings (SSSR count). The second-order valence-electron chi connectivity index (χ2n) is 25.4. The van der Waals surface area contributed by atoms with E-state index in [0.29, 0.717) is 0 Å². The Morgan fingerprint density at radius 1 is 0.184 bits per heavy atom. The van der Waals surface area contributed by atoms with Gasteiger partial charge in [0.2, 0.25) is 0 Å². The molecule has 98 heavy (non-hydrogen) atoms. The number of para-hydroxylation sites is 5. The number of anilines is 6. The van der Waals surface area contributed by atoms with E-state index in [9.17, 15) is 0 Å². The molecule has 0 saturated carbocycles. The van der Waals surface area contributed by atoms with E-state index in [1.54, 1.807) is 0 Å². The largest absolute Gasteiger partial charge is 0.456 e. The Kier molecular flexibility index (Phi) is 12.6. The van der Waals surface area contributed by atoms with Gasteiger partial charge in [-0.25, -0.2) is 0 Å². The molecule has 4 aromatic heterocycles. The highest BCUT2D eigenvalue weighted by Gasteiger charge is 2.23. The quantitative estimate of drug-likeness (QED) is 0.129. The van der Waals surface area contributed by atoms with Gasteiger partial charge in [0, 0.05) is 88.0 Å². The number of benzene rings is 16. The molecule has 0 aliphatic heterocycles. The predicted molar refractivity (Wildman–Crippen MR) is 407 cm³/mol. The van der Waals surface area contributed by atoms with E-state index in [0.717, 1.165) is 194 Å². The van der Waals surface area contributed by atoms with Crippen LogP contribution < -0.4 is 9.80 Å². The lowest BCUT2D eigenvalue weighted by Gasteiger charge is -2.27. The first-order valence-electron chi connectivity index (χ1n) is 33.3. The molecule has 0 aliphatic rings. The van der Waals surface area contributed by atoms with Crippen LogP contribution in [-0.4, -0.2) is 0 Å². The van der Waals surface area contributed by atoms with Crippen molar-refractivity contribution in [2.24, 2.45) is 0 Å². The lowest BCUT2D eigenvalue weighted by atomic mass is 9.94. The molecule has 20 aromatic rings. The molecular formula is C92H56N2O4. The van der Waals surface area contributed by atoms with Gasteiger partial charge in [0.25, 0.3) is 0 Å². The van der Waals surface area contributed by atoms with Gasteiger partial charge in [-0.2, -0.15) is 0 Å². The zero-order chi connectivity index (χ0) is 64.4. The smallest absolute Gasteiger partial charge is 0.143 e. The van der Waals surface area contributed by atoms with Crippen molar-refractivity contribution >= 4 is 143 Å². The molecule has 458 valence electrons. The first-order chi connectivity index (χ1) is 48.5. The predicted octanol–water partition coefficient (Wildman–Crippen LogP) is 26.9. The summed E-state index contributed by atoms with van der Waals surface area (Å²) >= 11 is 0. The second kappa shape index (κ2) is 22.2. The molecule has 0 atom stereocenters. The highest BCUT2D eigenvalue weighted by molar-refractivity contribution is 6.16. The summed E-state index contributed by atoms with van der Waals surface area (Å²) in [5.41, 5.74) is 24.2. The van der Waals surface area contributed by atoms with E-state index in [1.165, 1.54) is 5.39 Å². The monoisotopic (exact) mass is 1250 g/mol. The standard InChI is InChI=1S/C92H56N2O4/c1-2-17-71-57(15-1)16-11-26-82(71)94(68-48-37-59(38-49-68)73-23-14-32-88-90(73)79-21-6-10-30-86(79)96-88)69-50-41-61(42-51-69)80-55-65(56-81-76-19-4-8-28-84(76)98-92(80)81)63-33-34-64-54-70(52-43-62(64)53-63)93(66-44-35-58(36-45-66)72-22-13-31-87-89(72)78-20-5-9-29-85(78)95-87)67-46-39-60(40-47-67)74-24-12-25-77-75-18-3-7-27-83(75)97-91(74)77/h1-56H. The molecule has 0 saturated heterocycles. The summed E-state index contributed by atoms with van der Waals surface area (Å²) in [5, 5.41) is 13.4. The first-order valence-corrected chi connectivity index (χ1v) is 33.3. The Hall–Kier alpha value is -13.2. The Morgan fingerprint density at radius 2 is 0.571 bits per heavy atom. The normalized spacial score (nSPS) is 11.9. The van der Waals surface area contributed by atoms with E-state index >= 15 is 0 Å². The summed E-state index contributed by atoms with van der Waals surface area (Å²) < 4.78 is 26.0. The van der Waals surface area contributed by atoms with Gasteiger partial charge in [-0.3, -0.25) is 0 Å². The molecule has 6 heteroatoms. The maximum Gasteiger partial charge on any atom is 0.143 e. The summed E-state index contributed by atoms with van der Waals surface area (Å²) in [6.07, 6.45) is 0. The Labute approximate surface area is 562 Å². The van der Waals surface area contributed by atoms with E-state index in [-0.39, 0.29) is 0 Å². The zero-order valence-electron chi connectivity index (χ0n) is 52.9. The average Bonchev–Trinajstić information content (AvgIpc) is 1.70. The minimum atomic E-state index is 0.854. The molecule has 0 bridgehead atoms. The van der Waals surface area contributed by atoms with Gasteiger partial charge in [0.15, 0.2) is 0 Å². The maximum atomic E-state index is 6.85. The SMILES string of the molecule is c1ccc2c(N(c3ccc(-c4cc(-c5ccc6cc(N(c7ccc(-c8cccc9c8oc8ccccc89)cc7)c7ccc(-c8cccc9oc%10ccccc%10c89)cc7)ccc6c5)cc5c4oc4ccccc45)cc3)c3ccc(-c4cccc5oc6ccccc6c45)cc3)cccc2c1. The van der Waals surface area contributed by atoms with Crippen LogP contribution >= 0.6 is 0 Å². The molecule has 6 nitrogen and oxygen atoms in total. The van der Waals surface area contributed by atoms with Crippen LogP contribution in [0.25, 0.3) is 165 Å². The van der Waals surface area contributed by atoms with E-state index in [4.69, 9.17) is 17.7 Å². The molecule has 0 amide bonds. The third-order valence-corrected chi connectivity index (χ3v) is 19.9. The molecule has 0 unspecified atom stereocenters. The van der Waals surface area contributed by atoms with Crippen LogP contribution in [0.2, 0.25) is 0 Å². The summed E-state index contributed by atoms with van der Waals surface area (Å²) in [4.78, 5) is 4.73. The van der Waals surface area contributed by atoms with Gasteiger partial charge < -0.3 is 27.5 Å². The van der Waals surface area contributed by atoms with Gasteiger partial charge in [0.1, 0.15) is 44.7 Å². The molecular weight excluding hydrogens is 1200 g/mol. The zero-order valence-corrected chi connectivity index (χ0v) is 52.9. The fourth-order valence-electron chi connectivity index (χ4n) is 15.2. The summed E-state index contributed by atoms with van der Waals surface area (Å²) in [7, 11) is 0. The minimum absolute atomic E-state index is 0.854. The fourth-order valence-corrected chi connectivity index (χ4v) is 15.2. The number of nitrogens with zero attached hydrogens (tertiary/aromatic N) is 2. The van der Waals surface area contributed by atoms with E-state index < -0.39 is 0 Å². The van der Waals surface area contributed by atoms with E-state index in [2.05, 4.69) is 307 Å². The Balaban J connectivity index is 0.670. The van der Waals surface area contributed by atoms with Crippen molar-refractivity contribution in [2.75, 3.05) is 9.80 Å². The summed E-state index contributed by atoms with van der Waals surface area (Å²) in [6, 6.07) is 122. The highest BCUT2D eigenvalue weighted by atomic mass is 16.3. The van der Waals surface area contributed by atoms with Crippen molar-refractivity contribution in [1.82, 2.24) is 0 Å². The van der Waals surface area contributed by atoms with Crippen molar-refractivity contribution in [3.8, 4) is 55.6 Å². The molecule has 4 heterocycles. The van der Waals surface area contributed by atoms with Crippen LogP contribution in [-0.2, 0) is 0 Å². The Morgan fingerprint density at radius 3 is 1.16 bits per heavy atom. The van der Waals surface area contributed by atoms with Gasteiger partial charge in [-0.05, 0) is 182 Å². The highest BCUT2D eigenvalue weighted by Crippen LogP contribution is 2.47.